The summed E-state index contributed by atoms with van der Waals surface area (Å²) >= 11 is 3.17. The molecular formula is C15H12BrF2NO3. The molecule has 0 aliphatic carbocycles. The Hall–Kier alpha value is -1.99. The summed E-state index contributed by atoms with van der Waals surface area (Å²) in [5, 5.41) is 0. The number of ether oxygens (including phenoxy) is 1. The molecule has 7 heteroatoms. The Morgan fingerprint density at radius 3 is 2.59 bits per heavy atom. The van der Waals surface area contributed by atoms with Crippen molar-refractivity contribution in [2.24, 2.45) is 0 Å². The van der Waals surface area contributed by atoms with Gasteiger partial charge in [-0.25, -0.2) is 5.48 Å². The molecule has 0 radical (unpaired) electrons. The fraction of sp³-hybridized carbons (Fsp3) is 0.133. The van der Waals surface area contributed by atoms with Gasteiger partial charge in [0.05, 0.1) is 12.2 Å². The van der Waals surface area contributed by atoms with Crippen LogP contribution in [0.1, 0.15) is 15.9 Å². The van der Waals surface area contributed by atoms with Crippen LogP contribution in [0.5, 0.6) is 5.75 Å². The van der Waals surface area contributed by atoms with Crippen LogP contribution in [-0.4, -0.2) is 12.5 Å². The van der Waals surface area contributed by atoms with E-state index in [2.05, 4.69) is 26.1 Å². The van der Waals surface area contributed by atoms with E-state index in [4.69, 9.17) is 4.84 Å². The molecule has 2 aromatic rings. The van der Waals surface area contributed by atoms with Gasteiger partial charge in [-0.2, -0.15) is 8.78 Å². The monoisotopic (exact) mass is 371 g/mol. The van der Waals surface area contributed by atoms with E-state index in [9.17, 15) is 13.6 Å². The second kappa shape index (κ2) is 7.86. The first-order chi connectivity index (χ1) is 10.6. The summed E-state index contributed by atoms with van der Waals surface area (Å²) in [6.07, 6.45) is 0. The lowest BCUT2D eigenvalue weighted by molar-refractivity contribution is -0.0504. The van der Waals surface area contributed by atoms with E-state index in [0.29, 0.717) is 4.47 Å². The Balaban J connectivity index is 2.01. The first-order valence-corrected chi connectivity index (χ1v) is 7.06. The van der Waals surface area contributed by atoms with Crippen LogP contribution in [0.2, 0.25) is 0 Å². The van der Waals surface area contributed by atoms with Crippen molar-refractivity contribution in [3.8, 4) is 5.75 Å². The Morgan fingerprint density at radius 2 is 1.91 bits per heavy atom. The minimum atomic E-state index is -3.02. The summed E-state index contributed by atoms with van der Waals surface area (Å²) < 4.78 is 29.6. The van der Waals surface area contributed by atoms with Crippen LogP contribution in [-0.2, 0) is 11.4 Å². The number of nitrogens with one attached hydrogen (secondary N) is 1. The van der Waals surface area contributed by atoms with Crippen LogP contribution in [0.4, 0.5) is 8.78 Å². The number of carbonyl (C=O) groups is 1. The smallest absolute Gasteiger partial charge is 0.387 e. The summed E-state index contributed by atoms with van der Waals surface area (Å²) in [4.78, 5) is 17.1. The van der Waals surface area contributed by atoms with E-state index in [-0.39, 0.29) is 17.9 Å². The second-order valence-corrected chi connectivity index (χ2v) is 5.14. The van der Waals surface area contributed by atoms with Crippen molar-refractivity contribution in [2.45, 2.75) is 13.2 Å². The fourth-order valence-corrected chi connectivity index (χ4v) is 2.05. The van der Waals surface area contributed by atoms with Gasteiger partial charge in [0, 0.05) is 4.47 Å². The van der Waals surface area contributed by atoms with Gasteiger partial charge in [-0.15, -0.1) is 0 Å². The second-order valence-electron chi connectivity index (χ2n) is 4.22. The van der Waals surface area contributed by atoms with Crippen LogP contribution in [0.15, 0.2) is 53.0 Å². The molecule has 0 atom stereocenters. The largest absolute Gasteiger partial charge is 0.434 e. The highest BCUT2D eigenvalue weighted by molar-refractivity contribution is 9.10. The van der Waals surface area contributed by atoms with Crippen LogP contribution >= 0.6 is 15.9 Å². The molecule has 22 heavy (non-hydrogen) atoms. The van der Waals surface area contributed by atoms with Gasteiger partial charge >= 0.3 is 6.61 Å². The van der Waals surface area contributed by atoms with E-state index in [1.165, 1.54) is 18.2 Å². The number of halogens is 3. The molecule has 0 spiro atoms. The third-order valence-corrected chi connectivity index (χ3v) is 3.14. The highest BCUT2D eigenvalue weighted by Crippen LogP contribution is 2.24. The lowest BCUT2D eigenvalue weighted by Gasteiger charge is -2.11. The first kappa shape index (κ1) is 16.4. The molecule has 0 aliphatic rings. The quantitative estimate of drug-likeness (QED) is 0.783. The molecule has 1 N–H and O–H groups in total. The van der Waals surface area contributed by atoms with Gasteiger partial charge in [-0.3, -0.25) is 9.63 Å². The van der Waals surface area contributed by atoms with Crippen molar-refractivity contribution in [1.82, 2.24) is 5.48 Å². The number of amides is 1. The Labute approximate surface area is 134 Å². The molecule has 0 bridgehead atoms. The van der Waals surface area contributed by atoms with Crippen molar-refractivity contribution in [3.05, 3.63) is 64.1 Å². The summed E-state index contributed by atoms with van der Waals surface area (Å²) in [7, 11) is 0. The SMILES string of the molecule is O=C(NOCc1ccccc1)c1cc(Br)ccc1OC(F)F. The van der Waals surface area contributed by atoms with Crippen LogP contribution in [0, 0.1) is 0 Å². The number of hydroxylamine groups is 1. The van der Waals surface area contributed by atoms with Crippen molar-refractivity contribution in [2.75, 3.05) is 0 Å². The molecule has 1 amide bonds. The number of hydrogen-bond acceptors (Lipinski definition) is 3. The average molecular weight is 372 g/mol. The zero-order valence-corrected chi connectivity index (χ0v) is 12.8. The van der Waals surface area contributed by atoms with Gasteiger partial charge in [-0.05, 0) is 23.8 Å². The molecule has 0 aliphatic heterocycles. The predicted octanol–water partition coefficient (Wildman–Crippen LogP) is 3.91. The maximum atomic E-state index is 12.3. The van der Waals surface area contributed by atoms with Gasteiger partial charge in [0.15, 0.2) is 0 Å². The lowest BCUT2D eigenvalue weighted by atomic mass is 10.2. The summed E-state index contributed by atoms with van der Waals surface area (Å²) in [5.41, 5.74) is 3.01. The molecule has 0 saturated heterocycles. The van der Waals surface area contributed by atoms with E-state index in [0.717, 1.165) is 5.56 Å². The standard InChI is InChI=1S/C15H12BrF2NO3/c16-11-6-7-13(22-15(17)18)12(8-11)14(20)19-21-9-10-4-2-1-3-5-10/h1-8,15H,9H2,(H,19,20). The molecule has 0 saturated carbocycles. The zero-order valence-electron chi connectivity index (χ0n) is 11.3. The fourth-order valence-electron chi connectivity index (χ4n) is 1.69. The van der Waals surface area contributed by atoms with Crippen LogP contribution in [0.25, 0.3) is 0 Å². The third kappa shape index (κ3) is 4.78. The van der Waals surface area contributed by atoms with Gasteiger partial charge < -0.3 is 4.74 Å². The van der Waals surface area contributed by atoms with Crippen LogP contribution < -0.4 is 10.2 Å². The zero-order chi connectivity index (χ0) is 15.9. The minimum absolute atomic E-state index is 0.0530. The molecule has 2 rings (SSSR count). The maximum Gasteiger partial charge on any atom is 0.387 e. The van der Waals surface area contributed by atoms with Crippen LogP contribution in [0.3, 0.4) is 0 Å². The highest BCUT2D eigenvalue weighted by Gasteiger charge is 2.16. The number of alkyl halides is 2. The van der Waals surface area contributed by atoms with Gasteiger partial charge in [-0.1, -0.05) is 46.3 Å². The Bertz CT molecular complexity index is 638. The van der Waals surface area contributed by atoms with E-state index >= 15 is 0 Å². The number of benzene rings is 2. The topological polar surface area (TPSA) is 47.6 Å². The van der Waals surface area contributed by atoms with E-state index in [1.54, 1.807) is 0 Å². The van der Waals surface area contributed by atoms with Crippen molar-refractivity contribution in [1.29, 1.82) is 0 Å². The lowest BCUT2D eigenvalue weighted by Crippen LogP contribution is -2.24. The minimum Gasteiger partial charge on any atom is -0.434 e. The maximum absolute atomic E-state index is 12.3. The molecular weight excluding hydrogens is 360 g/mol. The normalized spacial score (nSPS) is 10.5. The number of carbonyl (C=O) groups excluding carboxylic acids is 1. The summed E-state index contributed by atoms with van der Waals surface area (Å²) in [5.74, 6) is -0.896. The molecule has 0 unspecified atom stereocenters. The Kier molecular flexibility index (Phi) is 5.85. The predicted molar refractivity (Wildman–Crippen MR) is 79.5 cm³/mol. The van der Waals surface area contributed by atoms with Gasteiger partial charge in [0.1, 0.15) is 5.75 Å². The summed E-state index contributed by atoms with van der Waals surface area (Å²) in [6.45, 7) is -2.86. The molecule has 0 heterocycles. The Morgan fingerprint density at radius 1 is 1.18 bits per heavy atom. The molecule has 0 fully saturated rings. The molecule has 116 valence electrons. The van der Waals surface area contributed by atoms with Gasteiger partial charge in [0.25, 0.3) is 5.91 Å². The first-order valence-electron chi connectivity index (χ1n) is 6.26. The number of rotatable bonds is 6. The molecule has 4 nitrogen and oxygen atoms in total. The third-order valence-electron chi connectivity index (χ3n) is 2.65. The average Bonchev–Trinajstić information content (AvgIpc) is 2.49. The molecule has 0 aromatic heterocycles. The van der Waals surface area contributed by atoms with E-state index in [1.807, 2.05) is 30.3 Å². The molecule has 2 aromatic carbocycles. The van der Waals surface area contributed by atoms with Crippen molar-refractivity contribution in [3.63, 3.8) is 0 Å². The highest BCUT2D eigenvalue weighted by atomic mass is 79.9. The van der Waals surface area contributed by atoms with Gasteiger partial charge in [0.2, 0.25) is 0 Å². The summed E-state index contributed by atoms with van der Waals surface area (Å²) in [6, 6.07) is 13.3. The van der Waals surface area contributed by atoms with E-state index < -0.39 is 12.5 Å². The number of hydrogen-bond donors (Lipinski definition) is 1. The van der Waals surface area contributed by atoms with Crippen molar-refractivity contribution >= 4 is 21.8 Å². The van der Waals surface area contributed by atoms with Crippen molar-refractivity contribution < 1.29 is 23.1 Å².